The number of rotatable bonds is 21. The maximum atomic E-state index is 15.2. The molecule has 0 amide bonds. The Kier molecular flexibility index (Phi) is 21.0. The summed E-state index contributed by atoms with van der Waals surface area (Å²) in [5, 5.41) is 3.96. The third kappa shape index (κ3) is 16.0. The standard InChI is InChI=1S/C70H56N2O20/c71-61(59-57(90-68(79)49-37-21-7-22-38-49)55(88-66(77)47-33-17-5-18-34-47)53(86-64(75)45-29-13-3-14-30-45)51(84-59)41-82-62(73)43-25-9-1-10-26-43)72-92-70(81)60-58(91-69(80)50-39-23-8-24-40-50)56(89-67(78)48-35-19-6-20-36-48)54(87-65(76)46-31-15-4-16-32-46)52(85-60)42-83-63(74)44-27-11-2-12-28-44/h1-40,51-60H,41-42H2,(H2,71,72)/t51-,52-,53-,54-,55+,56+,57-,58-,59-,60-/m1/s1. The SMILES string of the molecule is N/C(=N\OC(=O)[C@@H]1O[C@H](COC(=O)c2ccccc2)[C@@H](OC(=O)c2ccccc2)[C@H](OC(=O)c2ccccc2)[C@H]1OC(=O)c1ccccc1)[C@@H]1O[C@H](COC(=O)c2ccccc2)[C@@H](OC(=O)c2ccccc2)[C@H](OC(=O)c2ccccc2)[C@H]1OC(=O)c1ccccc1. The quantitative estimate of drug-likeness (QED) is 0.0176. The number of nitrogens with zero attached hydrogens (tertiary/aromatic N) is 1. The van der Waals surface area contributed by atoms with Crippen molar-refractivity contribution < 1.29 is 95.4 Å². The molecular formula is C70H56N2O20. The molecule has 466 valence electrons. The number of hydrogen-bond donors (Lipinski definition) is 1. The van der Waals surface area contributed by atoms with E-state index in [1.807, 2.05) is 0 Å². The van der Waals surface area contributed by atoms with Crippen LogP contribution in [0.1, 0.15) is 82.9 Å². The molecule has 10 rings (SSSR count). The summed E-state index contributed by atoms with van der Waals surface area (Å²) in [5.41, 5.74) is 6.83. The zero-order valence-corrected chi connectivity index (χ0v) is 48.5. The molecule has 0 aromatic heterocycles. The molecule has 8 aromatic carbocycles. The molecule has 2 N–H and O–H groups in total. The van der Waals surface area contributed by atoms with E-state index in [2.05, 4.69) is 5.16 Å². The average molecular weight is 1250 g/mol. The molecule has 92 heavy (non-hydrogen) atoms. The van der Waals surface area contributed by atoms with Crippen LogP contribution in [0, 0.1) is 0 Å². The van der Waals surface area contributed by atoms with Crippen molar-refractivity contribution in [1.82, 2.24) is 0 Å². The predicted octanol–water partition coefficient (Wildman–Crippen LogP) is 8.40. The molecule has 2 heterocycles. The van der Waals surface area contributed by atoms with Gasteiger partial charge in [0.1, 0.15) is 25.4 Å². The van der Waals surface area contributed by atoms with Crippen molar-refractivity contribution in [2.45, 2.75) is 61.0 Å². The minimum atomic E-state index is -2.27. The van der Waals surface area contributed by atoms with Crippen LogP contribution in [0.4, 0.5) is 0 Å². The van der Waals surface area contributed by atoms with Crippen molar-refractivity contribution in [1.29, 1.82) is 0 Å². The van der Waals surface area contributed by atoms with E-state index in [0.29, 0.717) is 0 Å². The molecule has 10 atom stereocenters. The van der Waals surface area contributed by atoms with Gasteiger partial charge in [0.2, 0.25) is 0 Å². The Bertz CT molecular complexity index is 3890. The lowest BCUT2D eigenvalue weighted by atomic mass is 9.93. The fraction of sp³-hybridized carbons (Fsp3) is 0.171. The summed E-state index contributed by atoms with van der Waals surface area (Å²) < 4.78 is 61.2. The Morgan fingerprint density at radius 1 is 0.293 bits per heavy atom. The molecule has 22 nitrogen and oxygen atoms in total. The van der Waals surface area contributed by atoms with Gasteiger partial charge in [-0.1, -0.05) is 151 Å². The normalized spacial score (nSPS) is 20.9. The van der Waals surface area contributed by atoms with Gasteiger partial charge in [0.25, 0.3) is 0 Å². The van der Waals surface area contributed by atoms with Gasteiger partial charge in [0.15, 0.2) is 54.7 Å². The third-order valence-electron chi connectivity index (χ3n) is 14.3. The van der Waals surface area contributed by atoms with Crippen LogP contribution < -0.4 is 5.73 Å². The summed E-state index contributed by atoms with van der Waals surface area (Å²) in [6.07, 6.45) is -19.5. The smallest absolute Gasteiger partial charge is 0.367 e. The van der Waals surface area contributed by atoms with Crippen molar-refractivity contribution in [2.75, 3.05) is 13.2 Å². The lowest BCUT2D eigenvalue weighted by Gasteiger charge is -2.44. The maximum absolute atomic E-state index is 15.2. The number of ether oxygens (including phenoxy) is 10. The Morgan fingerprint density at radius 3 is 0.783 bits per heavy atom. The topological polar surface area (TPSA) is 294 Å². The Hall–Kier alpha value is -11.6. The van der Waals surface area contributed by atoms with Crippen LogP contribution in [-0.2, 0) is 57.0 Å². The minimum absolute atomic E-state index is 0.00290. The first-order valence-electron chi connectivity index (χ1n) is 28.6. The highest BCUT2D eigenvalue weighted by atomic mass is 16.7. The fourth-order valence-electron chi connectivity index (χ4n) is 9.76. The van der Waals surface area contributed by atoms with Gasteiger partial charge < -0.3 is 57.9 Å². The van der Waals surface area contributed by atoms with Gasteiger partial charge in [-0.05, 0) is 97.1 Å². The van der Waals surface area contributed by atoms with Gasteiger partial charge in [-0.15, -0.1) is 0 Å². The third-order valence-corrected chi connectivity index (χ3v) is 14.3. The number of hydrogen-bond acceptors (Lipinski definition) is 21. The summed E-state index contributed by atoms with van der Waals surface area (Å²) in [5.74, 6) is -10.5. The van der Waals surface area contributed by atoms with Gasteiger partial charge in [-0.25, -0.2) is 43.2 Å². The van der Waals surface area contributed by atoms with Gasteiger partial charge in [-0.2, -0.15) is 0 Å². The molecule has 0 spiro atoms. The van der Waals surface area contributed by atoms with E-state index in [9.17, 15) is 38.4 Å². The number of oxime groups is 1. The van der Waals surface area contributed by atoms with E-state index < -0.39 is 134 Å². The molecule has 0 radical (unpaired) electrons. The first kappa shape index (κ1) is 63.4. The van der Waals surface area contributed by atoms with Crippen molar-refractivity contribution in [3.63, 3.8) is 0 Å². The van der Waals surface area contributed by atoms with E-state index in [-0.39, 0.29) is 44.5 Å². The predicted molar refractivity (Wildman–Crippen MR) is 322 cm³/mol. The van der Waals surface area contributed by atoms with Crippen LogP contribution in [0.15, 0.2) is 248 Å². The van der Waals surface area contributed by atoms with Gasteiger partial charge >= 0.3 is 53.7 Å². The highest BCUT2D eigenvalue weighted by Gasteiger charge is 2.57. The molecule has 0 aliphatic carbocycles. The second-order valence-corrected chi connectivity index (χ2v) is 20.5. The molecular weight excluding hydrogens is 1190 g/mol. The lowest BCUT2D eigenvalue weighted by Crippen LogP contribution is -2.65. The van der Waals surface area contributed by atoms with E-state index >= 15 is 4.79 Å². The number of carbonyl (C=O) groups excluding carboxylic acids is 9. The Labute approximate surface area is 525 Å². The van der Waals surface area contributed by atoms with Crippen molar-refractivity contribution in [3.05, 3.63) is 287 Å². The molecule has 22 heteroatoms. The van der Waals surface area contributed by atoms with Gasteiger partial charge in [0, 0.05) is 0 Å². The van der Waals surface area contributed by atoms with E-state index in [0.717, 1.165) is 0 Å². The van der Waals surface area contributed by atoms with Gasteiger partial charge in [0.05, 0.1) is 44.5 Å². The van der Waals surface area contributed by atoms with Crippen LogP contribution in [-0.4, -0.2) is 134 Å². The zero-order valence-electron chi connectivity index (χ0n) is 48.5. The van der Waals surface area contributed by atoms with Crippen LogP contribution >= 0.6 is 0 Å². The van der Waals surface area contributed by atoms with E-state index in [4.69, 9.17) is 57.9 Å². The zero-order chi connectivity index (χ0) is 64.3. The minimum Gasteiger partial charge on any atom is -0.459 e. The molecule has 8 aromatic rings. The largest absolute Gasteiger partial charge is 0.459 e. The van der Waals surface area contributed by atoms with Crippen LogP contribution in [0.25, 0.3) is 0 Å². The number of carbonyl (C=O) groups is 9. The summed E-state index contributed by atoms with van der Waals surface area (Å²) in [6.45, 7) is -1.60. The molecule has 2 aliphatic heterocycles. The van der Waals surface area contributed by atoms with Gasteiger partial charge in [-0.3, -0.25) is 0 Å². The molecule has 0 unspecified atom stereocenters. The monoisotopic (exact) mass is 1240 g/mol. The van der Waals surface area contributed by atoms with Crippen molar-refractivity contribution in [2.24, 2.45) is 10.9 Å². The molecule has 2 aliphatic rings. The maximum Gasteiger partial charge on any atom is 0.367 e. The number of benzene rings is 8. The fourth-order valence-corrected chi connectivity index (χ4v) is 9.76. The first-order valence-corrected chi connectivity index (χ1v) is 28.6. The first-order chi connectivity index (χ1) is 44.8. The van der Waals surface area contributed by atoms with E-state index in [1.165, 1.54) is 133 Å². The van der Waals surface area contributed by atoms with Crippen molar-refractivity contribution >= 4 is 59.6 Å². The molecule has 0 bridgehead atoms. The van der Waals surface area contributed by atoms with Crippen LogP contribution in [0.5, 0.6) is 0 Å². The number of amidine groups is 1. The number of esters is 8. The molecule has 2 fully saturated rings. The highest BCUT2D eigenvalue weighted by Crippen LogP contribution is 2.34. The summed E-state index contributed by atoms with van der Waals surface area (Å²) in [6, 6.07) is 60.7. The summed E-state index contributed by atoms with van der Waals surface area (Å²) in [4.78, 5) is 134. The Balaban J connectivity index is 1.06. The second kappa shape index (κ2) is 30.5. The van der Waals surface area contributed by atoms with E-state index in [1.54, 1.807) is 109 Å². The molecule has 2 saturated heterocycles. The second-order valence-electron chi connectivity index (χ2n) is 20.5. The van der Waals surface area contributed by atoms with Crippen LogP contribution in [0.2, 0.25) is 0 Å². The average Bonchev–Trinajstić information content (AvgIpc) is 0.976. The highest BCUT2D eigenvalue weighted by molar-refractivity contribution is 5.95. The number of nitrogens with two attached hydrogens (primary N) is 1. The lowest BCUT2D eigenvalue weighted by molar-refractivity contribution is -0.235. The van der Waals surface area contributed by atoms with Crippen LogP contribution in [0.3, 0.4) is 0 Å². The van der Waals surface area contributed by atoms with Crippen molar-refractivity contribution in [3.8, 4) is 0 Å². The summed E-state index contributed by atoms with van der Waals surface area (Å²) in [7, 11) is 0. The summed E-state index contributed by atoms with van der Waals surface area (Å²) >= 11 is 0. The Morgan fingerprint density at radius 2 is 0.511 bits per heavy atom. The molecule has 0 saturated carbocycles.